The first-order valence-electron chi connectivity index (χ1n) is 8.70. The molecule has 0 atom stereocenters. The standard InChI is InChI=1S/C22H13N3S2/c1-2-8-14(9-3-1)25-21-19(26-17-12-6-4-10-15(17)23-21)20-22(25)24-16-11-5-7-13-18(16)27-20/h1-13H. The molecular weight excluding hydrogens is 370 g/mol. The highest BCUT2D eigenvalue weighted by atomic mass is 32.2. The third-order valence-electron chi connectivity index (χ3n) is 4.66. The molecule has 0 fully saturated rings. The normalized spacial score (nSPS) is 13.5. The Bertz CT molecular complexity index is 1240. The topological polar surface area (TPSA) is 29.6 Å². The third kappa shape index (κ3) is 2.32. The largest absolute Gasteiger partial charge is 0.277 e. The van der Waals surface area contributed by atoms with Gasteiger partial charge in [-0.3, -0.25) is 4.57 Å². The Labute approximate surface area is 164 Å². The lowest BCUT2D eigenvalue weighted by Crippen LogP contribution is -2.27. The van der Waals surface area contributed by atoms with Crippen molar-refractivity contribution in [3.05, 3.63) is 89.8 Å². The molecule has 0 radical (unpaired) electrons. The fourth-order valence-electron chi connectivity index (χ4n) is 3.43. The van der Waals surface area contributed by atoms with Gasteiger partial charge in [-0.25, -0.2) is 9.98 Å². The molecule has 5 heteroatoms. The molecule has 1 aromatic heterocycles. The van der Waals surface area contributed by atoms with Crippen molar-refractivity contribution < 1.29 is 0 Å². The van der Waals surface area contributed by atoms with Crippen molar-refractivity contribution in [3.63, 3.8) is 0 Å². The van der Waals surface area contributed by atoms with Gasteiger partial charge in [-0.2, -0.15) is 0 Å². The van der Waals surface area contributed by atoms with Crippen LogP contribution in [-0.2, 0) is 0 Å². The molecule has 4 aromatic rings. The molecule has 0 unspecified atom stereocenters. The Morgan fingerprint density at radius 1 is 0.556 bits per heavy atom. The van der Waals surface area contributed by atoms with Crippen molar-refractivity contribution in [2.75, 3.05) is 0 Å². The second-order valence-corrected chi connectivity index (χ2v) is 8.44. The number of aromatic nitrogens is 1. The van der Waals surface area contributed by atoms with Crippen LogP contribution < -0.4 is 11.0 Å². The Hall–Kier alpha value is -2.76. The molecule has 3 aromatic carbocycles. The number of rotatable bonds is 1. The second-order valence-electron chi connectivity index (χ2n) is 6.34. The summed E-state index contributed by atoms with van der Waals surface area (Å²) in [5.41, 5.74) is 5.06. The lowest BCUT2D eigenvalue weighted by molar-refractivity contribution is 0.894. The van der Waals surface area contributed by atoms with E-state index in [1.807, 2.05) is 18.2 Å². The van der Waals surface area contributed by atoms with E-state index in [1.165, 1.54) is 19.6 Å². The lowest BCUT2D eigenvalue weighted by atomic mass is 10.3. The Kier molecular flexibility index (Phi) is 3.33. The molecule has 0 saturated carbocycles. The van der Waals surface area contributed by atoms with Gasteiger partial charge in [0.2, 0.25) is 0 Å². The van der Waals surface area contributed by atoms with E-state index in [9.17, 15) is 0 Å². The van der Waals surface area contributed by atoms with Gasteiger partial charge in [-0.05, 0) is 36.4 Å². The molecular formula is C22H13N3S2. The molecule has 0 amide bonds. The van der Waals surface area contributed by atoms with Crippen LogP contribution in [-0.4, -0.2) is 4.57 Å². The molecule has 2 aliphatic heterocycles. The van der Waals surface area contributed by atoms with Gasteiger partial charge in [0.25, 0.3) is 0 Å². The highest BCUT2D eigenvalue weighted by molar-refractivity contribution is 8.02. The number of hydrogen-bond acceptors (Lipinski definition) is 4. The van der Waals surface area contributed by atoms with Gasteiger partial charge in [0.1, 0.15) is 0 Å². The zero-order valence-corrected chi connectivity index (χ0v) is 15.8. The zero-order chi connectivity index (χ0) is 17.8. The summed E-state index contributed by atoms with van der Waals surface area (Å²) in [7, 11) is 0. The number of fused-ring (bicyclic) bond motifs is 5. The van der Waals surface area contributed by atoms with Crippen molar-refractivity contribution >= 4 is 34.9 Å². The fraction of sp³-hybridized carbons (Fsp3) is 0. The van der Waals surface area contributed by atoms with E-state index < -0.39 is 0 Å². The lowest BCUT2D eigenvalue weighted by Gasteiger charge is -2.12. The second kappa shape index (κ2) is 5.87. The van der Waals surface area contributed by atoms with Gasteiger partial charge in [-0.1, -0.05) is 66.0 Å². The molecule has 3 nitrogen and oxygen atoms in total. The van der Waals surface area contributed by atoms with Crippen LogP contribution in [0.25, 0.3) is 5.69 Å². The molecule has 0 saturated heterocycles. The van der Waals surface area contributed by atoms with Crippen LogP contribution in [0.5, 0.6) is 0 Å². The van der Waals surface area contributed by atoms with Crippen LogP contribution in [0.3, 0.4) is 0 Å². The molecule has 0 spiro atoms. The molecule has 6 rings (SSSR count). The molecule has 0 N–H and O–H groups in total. The van der Waals surface area contributed by atoms with Crippen molar-refractivity contribution in [2.45, 2.75) is 19.6 Å². The van der Waals surface area contributed by atoms with E-state index in [-0.39, 0.29) is 0 Å². The average Bonchev–Trinajstić information content (AvgIpc) is 3.03. The number of benzene rings is 3. The van der Waals surface area contributed by atoms with E-state index in [1.54, 1.807) is 23.5 Å². The van der Waals surface area contributed by atoms with Gasteiger partial charge in [-0.15, -0.1) is 0 Å². The highest BCUT2D eigenvalue weighted by Crippen LogP contribution is 2.45. The Morgan fingerprint density at radius 3 is 1.59 bits per heavy atom. The first-order valence-corrected chi connectivity index (χ1v) is 10.3. The first kappa shape index (κ1) is 15.3. The maximum absolute atomic E-state index is 5.02. The zero-order valence-electron chi connectivity index (χ0n) is 14.2. The molecule has 27 heavy (non-hydrogen) atoms. The summed E-state index contributed by atoms with van der Waals surface area (Å²) in [4.78, 5) is 14.8. The van der Waals surface area contributed by atoms with E-state index >= 15 is 0 Å². The summed E-state index contributed by atoms with van der Waals surface area (Å²) in [6.45, 7) is 0. The number of nitrogens with zero attached hydrogens (tertiary/aromatic N) is 3. The van der Waals surface area contributed by atoms with E-state index in [2.05, 4.69) is 65.2 Å². The fourth-order valence-corrected chi connectivity index (χ4v) is 5.68. The maximum atomic E-state index is 5.02. The van der Waals surface area contributed by atoms with Crippen LogP contribution in [0, 0.1) is 0 Å². The first-order chi connectivity index (χ1) is 13.4. The van der Waals surface area contributed by atoms with Gasteiger partial charge in [0.05, 0.1) is 21.2 Å². The summed E-state index contributed by atoms with van der Waals surface area (Å²) in [5.74, 6) is 0. The summed E-state index contributed by atoms with van der Waals surface area (Å²) in [5, 5.41) is 0. The third-order valence-corrected chi connectivity index (χ3v) is 7.10. The molecule has 2 aliphatic rings. The summed E-state index contributed by atoms with van der Waals surface area (Å²) < 4.78 is 2.19. The van der Waals surface area contributed by atoms with Crippen molar-refractivity contribution in [2.24, 2.45) is 9.98 Å². The van der Waals surface area contributed by atoms with Gasteiger partial charge in [0.15, 0.2) is 11.0 Å². The summed E-state index contributed by atoms with van der Waals surface area (Å²) in [6.07, 6.45) is 0. The monoisotopic (exact) mass is 383 g/mol. The van der Waals surface area contributed by atoms with Crippen LogP contribution in [0.1, 0.15) is 0 Å². The minimum absolute atomic E-state index is 0.971. The van der Waals surface area contributed by atoms with Crippen LogP contribution >= 0.6 is 23.5 Å². The Balaban J connectivity index is 1.74. The Morgan fingerprint density at radius 2 is 1.04 bits per heavy atom. The predicted molar refractivity (Wildman–Crippen MR) is 109 cm³/mol. The van der Waals surface area contributed by atoms with E-state index in [4.69, 9.17) is 9.98 Å². The van der Waals surface area contributed by atoms with Crippen molar-refractivity contribution in [3.8, 4) is 5.69 Å². The van der Waals surface area contributed by atoms with Crippen LogP contribution in [0.15, 0.2) is 108 Å². The molecule has 3 heterocycles. The quantitative estimate of drug-likeness (QED) is 0.385. The number of hydrogen-bond donors (Lipinski definition) is 0. The van der Waals surface area contributed by atoms with Crippen LogP contribution in [0.2, 0.25) is 0 Å². The minimum Gasteiger partial charge on any atom is -0.277 e. The number of para-hydroxylation sites is 3. The molecule has 128 valence electrons. The van der Waals surface area contributed by atoms with Gasteiger partial charge in [0, 0.05) is 15.5 Å². The van der Waals surface area contributed by atoms with Gasteiger partial charge >= 0.3 is 0 Å². The highest BCUT2D eigenvalue weighted by Gasteiger charge is 2.26. The molecule has 0 bridgehead atoms. The van der Waals surface area contributed by atoms with Crippen molar-refractivity contribution in [1.82, 2.24) is 4.57 Å². The van der Waals surface area contributed by atoms with Gasteiger partial charge < -0.3 is 0 Å². The summed E-state index contributed by atoms with van der Waals surface area (Å²) >= 11 is 3.58. The van der Waals surface area contributed by atoms with Crippen molar-refractivity contribution in [1.29, 1.82) is 0 Å². The minimum atomic E-state index is 0.971. The average molecular weight is 384 g/mol. The van der Waals surface area contributed by atoms with Crippen LogP contribution in [0.4, 0.5) is 11.4 Å². The van der Waals surface area contributed by atoms with E-state index in [0.717, 1.165) is 28.0 Å². The smallest absolute Gasteiger partial charge is 0.154 e. The predicted octanol–water partition coefficient (Wildman–Crippen LogP) is 5.31. The SMILES string of the molecule is c1ccc(-n2c3c(c4c2=Nc2ccccc2S4)Sc2ccccc2N=3)cc1. The summed E-state index contributed by atoms with van der Waals surface area (Å²) in [6, 6.07) is 27.0. The molecule has 0 aliphatic carbocycles. The van der Waals surface area contributed by atoms with E-state index in [0.29, 0.717) is 0 Å². The maximum Gasteiger partial charge on any atom is 0.154 e.